The lowest BCUT2D eigenvalue weighted by atomic mass is 9.79. The van der Waals surface area contributed by atoms with Crippen LogP contribution in [-0.4, -0.2) is 11.8 Å². The van der Waals surface area contributed by atoms with Crippen molar-refractivity contribution in [3.63, 3.8) is 0 Å². The fourth-order valence-electron chi connectivity index (χ4n) is 2.11. The quantitative estimate of drug-likeness (QED) is 0.751. The van der Waals surface area contributed by atoms with Crippen LogP contribution in [0.4, 0.5) is 0 Å². The number of esters is 1. The summed E-state index contributed by atoms with van der Waals surface area (Å²) in [5, 5.41) is 0. The van der Waals surface area contributed by atoms with E-state index < -0.39 is 5.97 Å². The molecule has 1 aliphatic carbocycles. The highest BCUT2D eigenvalue weighted by Gasteiger charge is 2.29. The molecule has 0 unspecified atom stereocenters. The summed E-state index contributed by atoms with van der Waals surface area (Å²) in [5.41, 5.74) is 0.354. The number of allylic oxidation sites excluding steroid dienone is 2. The third kappa shape index (κ3) is 3.06. The number of rotatable bonds is 2. The molecule has 0 spiro atoms. The van der Waals surface area contributed by atoms with Crippen molar-refractivity contribution in [2.24, 2.45) is 5.41 Å². The minimum absolute atomic E-state index is 0.0158. The van der Waals surface area contributed by atoms with Gasteiger partial charge in [0.05, 0.1) is 5.56 Å². The van der Waals surface area contributed by atoms with Crippen molar-refractivity contribution < 1.29 is 14.3 Å². The summed E-state index contributed by atoms with van der Waals surface area (Å²) in [7, 11) is 0. The van der Waals surface area contributed by atoms with E-state index in [9.17, 15) is 9.59 Å². The Kier molecular flexibility index (Phi) is 3.32. The van der Waals surface area contributed by atoms with Gasteiger partial charge in [-0.3, -0.25) is 4.79 Å². The predicted octanol–water partition coefficient (Wildman–Crippen LogP) is 3.12. The Morgan fingerprint density at radius 1 is 1.17 bits per heavy atom. The van der Waals surface area contributed by atoms with Crippen molar-refractivity contribution >= 4 is 11.8 Å². The first kappa shape index (κ1) is 12.6. The fourth-order valence-corrected chi connectivity index (χ4v) is 2.11. The van der Waals surface area contributed by atoms with Gasteiger partial charge in [0.2, 0.25) is 0 Å². The summed E-state index contributed by atoms with van der Waals surface area (Å²) in [6, 6.07) is 8.78. The maximum absolute atomic E-state index is 11.9. The summed E-state index contributed by atoms with van der Waals surface area (Å²) in [4.78, 5) is 23.4. The number of hydrogen-bond donors (Lipinski definition) is 0. The van der Waals surface area contributed by atoms with Crippen LogP contribution in [0.25, 0.3) is 0 Å². The van der Waals surface area contributed by atoms with Gasteiger partial charge in [0.15, 0.2) is 5.78 Å². The van der Waals surface area contributed by atoms with Gasteiger partial charge < -0.3 is 4.74 Å². The molecule has 2 rings (SSSR count). The molecule has 0 bridgehead atoms. The van der Waals surface area contributed by atoms with Crippen molar-refractivity contribution in [3.8, 4) is 0 Å². The second-order valence-corrected chi connectivity index (χ2v) is 5.35. The van der Waals surface area contributed by atoms with E-state index in [1.54, 1.807) is 24.3 Å². The number of ketones is 1. The summed E-state index contributed by atoms with van der Waals surface area (Å²) >= 11 is 0. The van der Waals surface area contributed by atoms with E-state index >= 15 is 0 Å². The highest BCUT2D eigenvalue weighted by molar-refractivity contribution is 5.93. The van der Waals surface area contributed by atoms with Crippen LogP contribution in [0.5, 0.6) is 0 Å². The highest BCUT2D eigenvalue weighted by Crippen LogP contribution is 2.34. The average molecular weight is 244 g/mol. The van der Waals surface area contributed by atoms with Gasteiger partial charge in [0.25, 0.3) is 0 Å². The zero-order valence-electron chi connectivity index (χ0n) is 10.6. The van der Waals surface area contributed by atoms with Crippen LogP contribution in [0.2, 0.25) is 0 Å². The molecule has 0 amide bonds. The topological polar surface area (TPSA) is 43.4 Å². The first-order chi connectivity index (χ1) is 8.46. The average Bonchev–Trinajstić information content (AvgIpc) is 2.27. The van der Waals surface area contributed by atoms with E-state index in [1.165, 1.54) is 6.08 Å². The molecular weight excluding hydrogens is 228 g/mol. The van der Waals surface area contributed by atoms with Crippen LogP contribution in [0.1, 0.15) is 37.0 Å². The number of hydrogen-bond acceptors (Lipinski definition) is 3. The van der Waals surface area contributed by atoms with Crippen molar-refractivity contribution in [1.82, 2.24) is 0 Å². The Labute approximate surface area is 106 Å². The second kappa shape index (κ2) is 4.77. The summed E-state index contributed by atoms with van der Waals surface area (Å²) < 4.78 is 5.28. The maximum Gasteiger partial charge on any atom is 0.343 e. The van der Waals surface area contributed by atoms with Gasteiger partial charge in [-0.05, 0) is 17.5 Å². The molecule has 1 aromatic carbocycles. The van der Waals surface area contributed by atoms with Gasteiger partial charge >= 0.3 is 5.97 Å². The van der Waals surface area contributed by atoms with E-state index in [4.69, 9.17) is 4.74 Å². The molecule has 1 aliphatic rings. The summed E-state index contributed by atoms with van der Waals surface area (Å²) in [6.07, 6.45) is 2.54. The largest absolute Gasteiger partial charge is 0.427 e. The number of benzene rings is 1. The molecule has 18 heavy (non-hydrogen) atoms. The number of carbonyl (C=O) groups is 2. The van der Waals surface area contributed by atoms with Gasteiger partial charge in [-0.25, -0.2) is 4.79 Å². The van der Waals surface area contributed by atoms with E-state index in [-0.39, 0.29) is 11.2 Å². The third-order valence-corrected chi connectivity index (χ3v) is 2.86. The smallest absolute Gasteiger partial charge is 0.343 e. The van der Waals surface area contributed by atoms with E-state index in [1.807, 2.05) is 19.9 Å². The molecule has 0 radical (unpaired) electrons. The molecule has 0 fully saturated rings. The van der Waals surface area contributed by atoms with Crippen LogP contribution in [0.15, 0.2) is 42.2 Å². The van der Waals surface area contributed by atoms with Crippen molar-refractivity contribution in [2.45, 2.75) is 26.7 Å². The Morgan fingerprint density at radius 2 is 1.83 bits per heavy atom. The lowest BCUT2D eigenvalue weighted by Gasteiger charge is -2.27. The van der Waals surface area contributed by atoms with Crippen LogP contribution in [0, 0.1) is 5.41 Å². The van der Waals surface area contributed by atoms with Gasteiger partial charge in [-0.2, -0.15) is 0 Å². The lowest BCUT2D eigenvalue weighted by Crippen LogP contribution is -2.23. The lowest BCUT2D eigenvalue weighted by molar-refractivity contribution is -0.117. The molecule has 0 heterocycles. The molecule has 94 valence electrons. The molecule has 0 saturated carbocycles. The van der Waals surface area contributed by atoms with Crippen LogP contribution in [0.3, 0.4) is 0 Å². The van der Waals surface area contributed by atoms with Gasteiger partial charge in [-0.15, -0.1) is 0 Å². The SMILES string of the molecule is CC1(C)CC(=O)C=C(OC(=O)c2ccccc2)C1. The zero-order valence-corrected chi connectivity index (χ0v) is 10.6. The Balaban J connectivity index is 2.11. The minimum Gasteiger partial charge on any atom is -0.427 e. The van der Waals surface area contributed by atoms with Crippen molar-refractivity contribution in [2.75, 3.05) is 0 Å². The summed E-state index contributed by atoms with van der Waals surface area (Å²) in [6.45, 7) is 3.99. The molecule has 1 aromatic rings. The normalized spacial score (nSPS) is 18.1. The Morgan fingerprint density at radius 3 is 2.44 bits per heavy atom. The molecule has 0 saturated heterocycles. The van der Waals surface area contributed by atoms with Crippen molar-refractivity contribution in [1.29, 1.82) is 0 Å². The first-order valence-corrected chi connectivity index (χ1v) is 5.97. The molecule has 3 nitrogen and oxygen atoms in total. The van der Waals surface area contributed by atoms with Crippen LogP contribution >= 0.6 is 0 Å². The van der Waals surface area contributed by atoms with Crippen LogP contribution in [-0.2, 0) is 9.53 Å². The highest BCUT2D eigenvalue weighted by atomic mass is 16.5. The van der Waals surface area contributed by atoms with Crippen LogP contribution < -0.4 is 0 Å². The van der Waals surface area contributed by atoms with Crippen molar-refractivity contribution in [3.05, 3.63) is 47.7 Å². The molecule has 0 atom stereocenters. The minimum atomic E-state index is -0.410. The van der Waals surface area contributed by atoms with E-state index in [0.29, 0.717) is 24.2 Å². The molecule has 0 N–H and O–H groups in total. The predicted molar refractivity (Wildman–Crippen MR) is 68.0 cm³/mol. The fraction of sp³-hybridized carbons (Fsp3) is 0.333. The zero-order chi connectivity index (χ0) is 13.2. The Hall–Kier alpha value is -1.90. The van der Waals surface area contributed by atoms with Gasteiger partial charge in [0.1, 0.15) is 5.76 Å². The number of carbonyl (C=O) groups excluding carboxylic acids is 2. The molecule has 0 aromatic heterocycles. The van der Waals surface area contributed by atoms with E-state index in [0.717, 1.165) is 0 Å². The molecule has 3 heteroatoms. The second-order valence-electron chi connectivity index (χ2n) is 5.35. The third-order valence-electron chi connectivity index (χ3n) is 2.86. The monoisotopic (exact) mass is 244 g/mol. The molecular formula is C15H16O3. The van der Waals surface area contributed by atoms with E-state index in [2.05, 4.69) is 0 Å². The van der Waals surface area contributed by atoms with Gasteiger partial charge in [0, 0.05) is 18.9 Å². The summed E-state index contributed by atoms with van der Waals surface area (Å²) in [5.74, 6) is 0.0690. The Bertz CT molecular complexity index is 498. The standard InChI is InChI=1S/C15H16O3/c1-15(2)9-12(16)8-13(10-15)18-14(17)11-6-4-3-5-7-11/h3-8H,9-10H2,1-2H3. The first-order valence-electron chi connectivity index (χ1n) is 5.97. The van der Waals surface area contributed by atoms with Gasteiger partial charge in [-0.1, -0.05) is 32.0 Å². The maximum atomic E-state index is 11.9. The number of ether oxygens (including phenoxy) is 1. The molecule has 0 aliphatic heterocycles.